The third kappa shape index (κ3) is 4.68. The summed E-state index contributed by atoms with van der Waals surface area (Å²) < 4.78 is 4.93. The summed E-state index contributed by atoms with van der Waals surface area (Å²) in [4.78, 5) is 22.3. The van der Waals surface area contributed by atoms with Crippen LogP contribution in [-0.4, -0.2) is 19.0 Å². The molecule has 1 aromatic carbocycles. The monoisotopic (exact) mass is 235 g/mol. The van der Waals surface area contributed by atoms with Crippen molar-refractivity contribution in [1.82, 2.24) is 5.32 Å². The number of aldehydes is 1. The van der Waals surface area contributed by atoms with Crippen molar-refractivity contribution in [3.8, 4) is 0 Å². The van der Waals surface area contributed by atoms with Crippen LogP contribution in [-0.2, 0) is 9.53 Å². The van der Waals surface area contributed by atoms with Crippen LogP contribution in [0.3, 0.4) is 0 Å². The summed E-state index contributed by atoms with van der Waals surface area (Å²) in [5.41, 5.74) is 0.745. The summed E-state index contributed by atoms with van der Waals surface area (Å²) in [6.45, 7) is 2.39. The molecule has 1 unspecified atom stereocenters. The number of ether oxygens (including phenoxy) is 1. The highest BCUT2D eigenvalue weighted by molar-refractivity contribution is 5.74. The van der Waals surface area contributed by atoms with E-state index in [2.05, 4.69) is 5.32 Å². The number of nitrogens with one attached hydrogen (secondary N) is 1. The Morgan fingerprint density at radius 2 is 2.12 bits per heavy atom. The number of unbranched alkanes of at least 4 members (excludes halogenated alkanes) is 1. The maximum absolute atomic E-state index is 11.4. The van der Waals surface area contributed by atoms with Crippen molar-refractivity contribution in [1.29, 1.82) is 0 Å². The first-order valence-electron chi connectivity index (χ1n) is 5.71. The summed E-state index contributed by atoms with van der Waals surface area (Å²) in [7, 11) is 0. The first-order valence-corrected chi connectivity index (χ1v) is 5.71. The lowest BCUT2D eigenvalue weighted by molar-refractivity contribution is -0.109. The average molecular weight is 235 g/mol. The van der Waals surface area contributed by atoms with Gasteiger partial charge >= 0.3 is 6.09 Å². The molecule has 1 aromatic rings. The zero-order valence-electron chi connectivity index (χ0n) is 9.89. The molecule has 1 rings (SSSR count). The van der Waals surface area contributed by atoms with E-state index in [1.165, 1.54) is 0 Å². The Morgan fingerprint density at radius 3 is 2.71 bits per heavy atom. The Kier molecular flexibility index (Phi) is 5.79. The molecular formula is C13H17NO3. The van der Waals surface area contributed by atoms with Crippen LogP contribution >= 0.6 is 0 Å². The maximum Gasteiger partial charge on any atom is 0.407 e. The number of carbonyl (C=O) groups excluding carboxylic acids is 2. The van der Waals surface area contributed by atoms with Gasteiger partial charge in [0.15, 0.2) is 0 Å². The standard InChI is InChI=1S/C13H17NO3/c1-2-3-9-17-13(16)14-12(10-15)11-7-5-4-6-8-11/h4-8,10,12H,2-3,9H2,1H3,(H,14,16). The van der Waals surface area contributed by atoms with Crippen molar-refractivity contribution in [2.75, 3.05) is 6.61 Å². The highest BCUT2D eigenvalue weighted by atomic mass is 16.5. The van der Waals surface area contributed by atoms with Crippen LogP contribution in [0.15, 0.2) is 30.3 Å². The molecule has 0 spiro atoms. The van der Waals surface area contributed by atoms with Crippen LogP contribution in [0.5, 0.6) is 0 Å². The van der Waals surface area contributed by atoms with E-state index in [1.54, 1.807) is 12.1 Å². The van der Waals surface area contributed by atoms with E-state index in [4.69, 9.17) is 4.74 Å². The third-order valence-corrected chi connectivity index (χ3v) is 2.30. The van der Waals surface area contributed by atoms with Gasteiger partial charge < -0.3 is 14.8 Å². The average Bonchev–Trinajstić information content (AvgIpc) is 2.37. The molecule has 0 aliphatic rings. The van der Waals surface area contributed by atoms with Crippen molar-refractivity contribution in [3.05, 3.63) is 35.9 Å². The third-order valence-electron chi connectivity index (χ3n) is 2.30. The molecule has 0 fully saturated rings. The lowest BCUT2D eigenvalue weighted by atomic mass is 10.1. The SMILES string of the molecule is CCCCOC(=O)NC(C=O)c1ccccc1. The summed E-state index contributed by atoms with van der Waals surface area (Å²) in [6.07, 6.45) is 1.92. The number of rotatable bonds is 6. The van der Waals surface area contributed by atoms with Crippen LogP contribution in [0.2, 0.25) is 0 Å². The van der Waals surface area contributed by atoms with Crippen LogP contribution in [0.4, 0.5) is 4.79 Å². The van der Waals surface area contributed by atoms with Gasteiger partial charge in [-0.3, -0.25) is 0 Å². The minimum atomic E-state index is -0.648. The zero-order valence-corrected chi connectivity index (χ0v) is 9.89. The van der Waals surface area contributed by atoms with Crippen molar-refractivity contribution < 1.29 is 14.3 Å². The molecule has 4 heteroatoms. The molecule has 17 heavy (non-hydrogen) atoms. The topological polar surface area (TPSA) is 55.4 Å². The second-order valence-corrected chi connectivity index (χ2v) is 3.66. The van der Waals surface area contributed by atoms with E-state index >= 15 is 0 Å². The predicted octanol–water partition coefficient (Wildman–Crippen LogP) is 2.45. The minimum absolute atomic E-state index is 0.378. The molecule has 0 aliphatic carbocycles. The predicted molar refractivity (Wildman–Crippen MR) is 64.6 cm³/mol. The lowest BCUT2D eigenvalue weighted by Crippen LogP contribution is -2.30. The molecule has 0 bridgehead atoms. The van der Waals surface area contributed by atoms with Gasteiger partial charge in [-0.15, -0.1) is 0 Å². The Labute approximate surface area is 101 Å². The van der Waals surface area contributed by atoms with Crippen LogP contribution in [0, 0.1) is 0 Å². The Balaban J connectivity index is 2.47. The number of carbonyl (C=O) groups is 2. The molecular weight excluding hydrogens is 218 g/mol. The van der Waals surface area contributed by atoms with Gasteiger partial charge in [0.25, 0.3) is 0 Å². The molecule has 92 valence electrons. The first-order chi connectivity index (χ1) is 8.27. The highest BCUT2D eigenvalue weighted by Gasteiger charge is 2.13. The Hall–Kier alpha value is -1.84. The summed E-state index contributed by atoms with van der Waals surface area (Å²) in [5.74, 6) is 0. The van der Waals surface area contributed by atoms with Crippen molar-refractivity contribution in [2.24, 2.45) is 0 Å². The fourth-order valence-electron chi connectivity index (χ4n) is 1.33. The second kappa shape index (κ2) is 7.44. The molecule has 0 saturated heterocycles. The van der Waals surface area contributed by atoms with Crippen LogP contribution < -0.4 is 5.32 Å². The van der Waals surface area contributed by atoms with E-state index < -0.39 is 12.1 Å². The number of hydrogen-bond acceptors (Lipinski definition) is 3. The Bertz CT molecular complexity index is 351. The van der Waals surface area contributed by atoms with Gasteiger partial charge in [-0.1, -0.05) is 43.7 Å². The van der Waals surface area contributed by atoms with Gasteiger partial charge in [-0.25, -0.2) is 4.79 Å². The number of alkyl carbamates (subject to hydrolysis) is 1. The summed E-state index contributed by atoms with van der Waals surface area (Å²) in [5, 5.41) is 2.51. The summed E-state index contributed by atoms with van der Waals surface area (Å²) in [6, 6.07) is 8.40. The van der Waals surface area contributed by atoms with Crippen molar-refractivity contribution in [3.63, 3.8) is 0 Å². The fourth-order valence-corrected chi connectivity index (χ4v) is 1.33. The number of hydrogen-bond donors (Lipinski definition) is 1. The van der Waals surface area contributed by atoms with E-state index in [-0.39, 0.29) is 0 Å². The molecule has 0 heterocycles. The van der Waals surface area contributed by atoms with E-state index in [9.17, 15) is 9.59 Å². The van der Waals surface area contributed by atoms with Crippen LogP contribution in [0.1, 0.15) is 31.4 Å². The fraction of sp³-hybridized carbons (Fsp3) is 0.385. The zero-order chi connectivity index (χ0) is 12.5. The van der Waals surface area contributed by atoms with Gasteiger partial charge in [-0.05, 0) is 12.0 Å². The Morgan fingerprint density at radius 1 is 1.41 bits per heavy atom. The number of amides is 1. The smallest absolute Gasteiger partial charge is 0.407 e. The van der Waals surface area contributed by atoms with Gasteiger partial charge in [0.2, 0.25) is 0 Å². The molecule has 0 saturated carbocycles. The van der Waals surface area contributed by atoms with Crippen molar-refractivity contribution in [2.45, 2.75) is 25.8 Å². The van der Waals surface area contributed by atoms with E-state index in [1.807, 2.05) is 25.1 Å². The van der Waals surface area contributed by atoms with Gasteiger partial charge in [0.1, 0.15) is 12.3 Å². The molecule has 4 nitrogen and oxygen atoms in total. The molecule has 1 amide bonds. The molecule has 0 radical (unpaired) electrons. The maximum atomic E-state index is 11.4. The molecule has 0 aromatic heterocycles. The lowest BCUT2D eigenvalue weighted by Gasteiger charge is -2.12. The quantitative estimate of drug-likeness (QED) is 0.608. The van der Waals surface area contributed by atoms with Crippen LogP contribution in [0.25, 0.3) is 0 Å². The largest absolute Gasteiger partial charge is 0.450 e. The number of benzene rings is 1. The van der Waals surface area contributed by atoms with E-state index in [0.29, 0.717) is 12.9 Å². The summed E-state index contributed by atoms with van der Waals surface area (Å²) >= 11 is 0. The minimum Gasteiger partial charge on any atom is -0.450 e. The van der Waals surface area contributed by atoms with Crippen molar-refractivity contribution >= 4 is 12.4 Å². The molecule has 1 atom stereocenters. The highest BCUT2D eigenvalue weighted by Crippen LogP contribution is 2.09. The molecule has 0 aliphatic heterocycles. The normalized spacial score (nSPS) is 11.6. The van der Waals surface area contributed by atoms with Gasteiger partial charge in [-0.2, -0.15) is 0 Å². The molecule has 1 N–H and O–H groups in total. The first kappa shape index (κ1) is 13.2. The van der Waals surface area contributed by atoms with Gasteiger partial charge in [0, 0.05) is 0 Å². The second-order valence-electron chi connectivity index (χ2n) is 3.66. The van der Waals surface area contributed by atoms with E-state index in [0.717, 1.165) is 18.4 Å². The van der Waals surface area contributed by atoms with Gasteiger partial charge in [0.05, 0.1) is 6.61 Å².